The van der Waals surface area contributed by atoms with Gasteiger partial charge in [-0.15, -0.1) is 0 Å². The van der Waals surface area contributed by atoms with Crippen LogP contribution in [0.4, 0.5) is 0 Å². The van der Waals surface area contributed by atoms with E-state index in [1.54, 1.807) is 6.26 Å². The Morgan fingerprint density at radius 3 is 2.83 bits per heavy atom. The first-order chi connectivity index (χ1) is 14.9. The lowest BCUT2D eigenvalue weighted by Crippen LogP contribution is -2.41. The third kappa shape index (κ3) is 9.47. The van der Waals surface area contributed by atoms with Gasteiger partial charge in [-0.2, -0.15) is 0 Å². The van der Waals surface area contributed by atoms with Crippen LogP contribution in [0.15, 0.2) is 27.8 Å². The van der Waals surface area contributed by atoms with Crippen molar-refractivity contribution in [2.75, 3.05) is 78.9 Å². The van der Waals surface area contributed by atoms with E-state index in [0.29, 0.717) is 5.92 Å². The lowest BCUT2D eigenvalue weighted by Gasteiger charge is -2.26. The molecule has 30 heavy (non-hydrogen) atoms. The van der Waals surface area contributed by atoms with Crippen molar-refractivity contribution in [1.82, 2.24) is 15.5 Å². The van der Waals surface area contributed by atoms with Gasteiger partial charge in [0.2, 0.25) is 0 Å². The summed E-state index contributed by atoms with van der Waals surface area (Å²) in [5.74, 6) is 2.42. The molecule has 0 aliphatic carbocycles. The minimum Gasteiger partial charge on any atom is -0.469 e. The second-order valence-electron chi connectivity index (χ2n) is 7.88. The first kappa shape index (κ1) is 23.1. The maximum atomic E-state index is 5.78. The lowest BCUT2D eigenvalue weighted by molar-refractivity contribution is 0.0376. The van der Waals surface area contributed by atoms with E-state index in [1.807, 2.05) is 12.1 Å². The third-order valence-electron chi connectivity index (χ3n) is 5.39. The highest BCUT2D eigenvalue weighted by molar-refractivity contribution is 5.79. The topological polar surface area (TPSA) is 80.5 Å². The molecule has 2 aliphatic heterocycles. The number of ether oxygens (including phenoxy) is 3. The molecule has 8 nitrogen and oxygen atoms in total. The quantitative estimate of drug-likeness (QED) is 0.283. The number of rotatable bonds is 13. The summed E-state index contributed by atoms with van der Waals surface area (Å²) in [4.78, 5) is 7.18. The van der Waals surface area contributed by atoms with Crippen molar-refractivity contribution in [2.45, 2.75) is 25.7 Å². The van der Waals surface area contributed by atoms with Crippen LogP contribution in [0.3, 0.4) is 0 Å². The molecule has 0 bridgehead atoms. The van der Waals surface area contributed by atoms with E-state index in [9.17, 15) is 0 Å². The number of hydrogen-bond acceptors (Lipinski definition) is 6. The fourth-order valence-corrected chi connectivity index (χ4v) is 3.59. The van der Waals surface area contributed by atoms with Gasteiger partial charge in [-0.3, -0.25) is 9.89 Å². The summed E-state index contributed by atoms with van der Waals surface area (Å²) >= 11 is 0. The molecule has 1 aromatic heterocycles. The molecule has 170 valence electrons. The zero-order chi connectivity index (χ0) is 20.7. The summed E-state index contributed by atoms with van der Waals surface area (Å²) in [5.41, 5.74) is 0. The molecule has 0 saturated carbocycles. The molecule has 8 heteroatoms. The molecular weight excluding hydrogens is 384 g/mol. The first-order valence-electron chi connectivity index (χ1n) is 11.4. The number of guanidine groups is 1. The summed E-state index contributed by atoms with van der Waals surface area (Å²) in [6.07, 6.45) is 5.69. The number of furan rings is 1. The molecule has 1 aromatic rings. The average molecular weight is 423 g/mol. The number of nitrogens with zero attached hydrogens (tertiary/aromatic N) is 2. The van der Waals surface area contributed by atoms with Gasteiger partial charge in [0, 0.05) is 58.3 Å². The predicted molar refractivity (Wildman–Crippen MR) is 117 cm³/mol. The van der Waals surface area contributed by atoms with Gasteiger partial charge in [-0.1, -0.05) is 0 Å². The first-order valence-corrected chi connectivity index (χ1v) is 11.4. The highest BCUT2D eigenvalue weighted by Crippen LogP contribution is 2.12. The highest BCUT2D eigenvalue weighted by Gasteiger charge is 2.15. The van der Waals surface area contributed by atoms with E-state index in [2.05, 4.69) is 15.5 Å². The van der Waals surface area contributed by atoms with Gasteiger partial charge in [-0.25, -0.2) is 0 Å². The second-order valence-corrected chi connectivity index (χ2v) is 7.88. The molecule has 2 N–H and O–H groups in total. The number of hydrogen-bond donors (Lipinski definition) is 2. The normalized spacial score (nSPS) is 20.5. The molecule has 0 aromatic carbocycles. The van der Waals surface area contributed by atoms with Crippen molar-refractivity contribution in [3.05, 3.63) is 24.2 Å². The summed E-state index contributed by atoms with van der Waals surface area (Å²) in [6.45, 7) is 10.6. The highest BCUT2D eigenvalue weighted by atomic mass is 16.5. The number of morpholine rings is 1. The minimum atomic E-state index is 0.570. The molecule has 2 fully saturated rings. The Kier molecular flexibility index (Phi) is 11.1. The third-order valence-corrected chi connectivity index (χ3v) is 5.39. The van der Waals surface area contributed by atoms with Gasteiger partial charge in [0.15, 0.2) is 5.96 Å². The van der Waals surface area contributed by atoms with Gasteiger partial charge in [0.25, 0.3) is 0 Å². The van der Waals surface area contributed by atoms with Crippen LogP contribution < -0.4 is 10.6 Å². The summed E-state index contributed by atoms with van der Waals surface area (Å²) in [6, 6.07) is 3.92. The summed E-state index contributed by atoms with van der Waals surface area (Å²) in [7, 11) is 0. The zero-order valence-corrected chi connectivity index (χ0v) is 18.2. The second kappa shape index (κ2) is 14.4. The van der Waals surface area contributed by atoms with Crippen molar-refractivity contribution in [3.63, 3.8) is 0 Å². The van der Waals surface area contributed by atoms with Crippen LogP contribution in [-0.2, 0) is 20.6 Å². The van der Waals surface area contributed by atoms with Crippen LogP contribution in [0.5, 0.6) is 0 Å². The smallest absolute Gasteiger partial charge is 0.191 e. The molecule has 3 heterocycles. The Morgan fingerprint density at radius 1 is 1.13 bits per heavy atom. The van der Waals surface area contributed by atoms with Gasteiger partial charge in [0.1, 0.15) is 5.76 Å². The van der Waals surface area contributed by atoms with E-state index in [1.165, 1.54) is 0 Å². The fourth-order valence-electron chi connectivity index (χ4n) is 3.59. The Balaban J connectivity index is 1.31. The largest absolute Gasteiger partial charge is 0.469 e. The maximum absolute atomic E-state index is 5.78. The standard InChI is InChI=1S/C22H38N4O4/c1-4-21(30-14-1)5-9-25-22(23-7-2-10-26-11-16-27-17-12-26)24-8-3-13-28-18-20-6-15-29-19-20/h1,4,14,20H,2-3,5-13,15-19H2,(H2,23,24,25). The van der Waals surface area contributed by atoms with E-state index in [-0.39, 0.29) is 0 Å². The summed E-state index contributed by atoms with van der Waals surface area (Å²) in [5, 5.41) is 6.89. The van der Waals surface area contributed by atoms with Crippen LogP contribution in [0.25, 0.3) is 0 Å². The Hall–Kier alpha value is -1.61. The number of nitrogens with one attached hydrogen (secondary N) is 2. The lowest BCUT2D eigenvalue weighted by atomic mass is 10.1. The minimum absolute atomic E-state index is 0.570. The molecule has 0 amide bonds. The van der Waals surface area contributed by atoms with Crippen molar-refractivity contribution in [2.24, 2.45) is 10.9 Å². The van der Waals surface area contributed by atoms with Crippen molar-refractivity contribution < 1.29 is 18.6 Å². The van der Waals surface area contributed by atoms with Crippen LogP contribution >= 0.6 is 0 Å². The monoisotopic (exact) mass is 422 g/mol. The molecule has 0 spiro atoms. The van der Waals surface area contributed by atoms with Gasteiger partial charge >= 0.3 is 0 Å². The van der Waals surface area contributed by atoms with Gasteiger partial charge in [-0.05, 0) is 37.9 Å². The molecule has 2 aliphatic rings. The molecule has 1 atom stereocenters. The Labute approximate surface area is 180 Å². The van der Waals surface area contributed by atoms with Crippen molar-refractivity contribution >= 4 is 5.96 Å². The van der Waals surface area contributed by atoms with Gasteiger partial charge in [0.05, 0.1) is 32.7 Å². The molecule has 1 unspecified atom stereocenters. The van der Waals surface area contributed by atoms with Crippen LogP contribution in [0, 0.1) is 5.92 Å². The molecular formula is C22H38N4O4. The van der Waals surface area contributed by atoms with Crippen LogP contribution in [0.2, 0.25) is 0 Å². The molecule has 0 radical (unpaired) electrons. The average Bonchev–Trinajstić information content (AvgIpc) is 3.48. The maximum Gasteiger partial charge on any atom is 0.191 e. The zero-order valence-electron chi connectivity index (χ0n) is 18.2. The van der Waals surface area contributed by atoms with E-state index in [4.69, 9.17) is 23.6 Å². The Morgan fingerprint density at radius 2 is 2.03 bits per heavy atom. The van der Waals surface area contributed by atoms with Crippen molar-refractivity contribution in [3.8, 4) is 0 Å². The van der Waals surface area contributed by atoms with Crippen molar-refractivity contribution in [1.29, 1.82) is 0 Å². The van der Waals surface area contributed by atoms with E-state index < -0.39 is 0 Å². The SMILES string of the molecule is c1coc(CCNC(=NCCCOCC2CCOC2)NCCCN2CCOCC2)c1. The van der Waals surface area contributed by atoms with Crippen LogP contribution in [0.1, 0.15) is 25.0 Å². The summed E-state index contributed by atoms with van der Waals surface area (Å²) < 4.78 is 22.0. The number of aliphatic imine (C=N–C) groups is 1. The molecule has 3 rings (SSSR count). The Bertz CT molecular complexity index is 570. The van der Waals surface area contributed by atoms with Crippen LogP contribution in [-0.4, -0.2) is 89.8 Å². The van der Waals surface area contributed by atoms with Gasteiger partial charge < -0.3 is 29.3 Å². The van der Waals surface area contributed by atoms with E-state index >= 15 is 0 Å². The van der Waals surface area contributed by atoms with E-state index in [0.717, 1.165) is 116 Å². The molecule has 2 saturated heterocycles. The fraction of sp³-hybridized carbons (Fsp3) is 0.773. The predicted octanol–water partition coefficient (Wildman–Crippen LogP) is 1.52.